The summed E-state index contributed by atoms with van der Waals surface area (Å²) < 4.78 is 0. The zero-order chi connectivity index (χ0) is 11.3. The highest BCUT2D eigenvalue weighted by Crippen LogP contribution is 2.27. The summed E-state index contributed by atoms with van der Waals surface area (Å²) in [7, 11) is 0. The number of nitrogens with one attached hydrogen (secondary N) is 1. The maximum atomic E-state index is 8.64. The van der Waals surface area contributed by atoms with Crippen LogP contribution in [0.15, 0.2) is 5.16 Å². The molecule has 1 saturated carbocycles. The molecule has 0 spiro atoms. The molecule has 0 amide bonds. The summed E-state index contributed by atoms with van der Waals surface area (Å²) in [5.41, 5.74) is 5.61. The van der Waals surface area contributed by atoms with E-state index in [1.807, 2.05) is 6.92 Å². The molecular weight excluding hydrogens is 190 g/mol. The number of rotatable bonds is 5. The van der Waals surface area contributed by atoms with Gasteiger partial charge in [0, 0.05) is 6.04 Å². The van der Waals surface area contributed by atoms with E-state index in [2.05, 4.69) is 17.4 Å². The van der Waals surface area contributed by atoms with E-state index in [1.165, 1.54) is 25.7 Å². The van der Waals surface area contributed by atoms with Crippen LogP contribution in [0, 0.1) is 5.92 Å². The molecule has 0 aromatic heterocycles. The van der Waals surface area contributed by atoms with E-state index < -0.39 is 0 Å². The third-order valence-corrected chi connectivity index (χ3v) is 3.45. The average Bonchev–Trinajstić information content (AvgIpc) is 2.77. The van der Waals surface area contributed by atoms with Gasteiger partial charge < -0.3 is 16.3 Å². The van der Waals surface area contributed by atoms with Crippen molar-refractivity contribution in [1.82, 2.24) is 5.32 Å². The second-order valence-electron chi connectivity index (χ2n) is 4.49. The molecule has 0 aliphatic heterocycles. The third kappa shape index (κ3) is 3.38. The first kappa shape index (κ1) is 12.3. The van der Waals surface area contributed by atoms with Crippen molar-refractivity contribution in [3.8, 4) is 0 Å². The summed E-state index contributed by atoms with van der Waals surface area (Å²) in [6.07, 6.45) is 6.16. The zero-order valence-corrected chi connectivity index (χ0v) is 9.74. The first-order valence-electron chi connectivity index (χ1n) is 5.92. The maximum absolute atomic E-state index is 8.64. The molecule has 4 nitrogen and oxygen atoms in total. The van der Waals surface area contributed by atoms with E-state index in [0.717, 1.165) is 12.3 Å². The molecule has 0 aromatic rings. The first-order valence-corrected chi connectivity index (χ1v) is 5.92. The predicted octanol–water partition coefficient (Wildman–Crippen LogP) is 1.68. The van der Waals surface area contributed by atoms with Gasteiger partial charge in [-0.1, -0.05) is 24.9 Å². The summed E-state index contributed by atoms with van der Waals surface area (Å²) in [5.74, 6) is 1.05. The molecule has 1 aliphatic rings. The normalized spacial score (nSPS) is 22.9. The Bertz CT molecular complexity index is 212. The molecule has 2 atom stereocenters. The van der Waals surface area contributed by atoms with Gasteiger partial charge in [-0.2, -0.15) is 0 Å². The maximum Gasteiger partial charge on any atom is 0.156 e. The van der Waals surface area contributed by atoms with Crippen LogP contribution in [0.25, 0.3) is 0 Å². The minimum Gasteiger partial charge on any atom is -0.409 e. The van der Waals surface area contributed by atoms with Gasteiger partial charge in [-0.25, -0.2) is 0 Å². The molecule has 0 aromatic carbocycles. The van der Waals surface area contributed by atoms with Crippen LogP contribution in [0.4, 0.5) is 0 Å². The number of amidine groups is 1. The van der Waals surface area contributed by atoms with Crippen LogP contribution >= 0.6 is 0 Å². The van der Waals surface area contributed by atoms with Crippen LogP contribution in [0.3, 0.4) is 0 Å². The summed E-state index contributed by atoms with van der Waals surface area (Å²) in [4.78, 5) is 0. The van der Waals surface area contributed by atoms with Gasteiger partial charge in [0.1, 0.15) is 0 Å². The summed E-state index contributed by atoms with van der Waals surface area (Å²) in [5, 5.41) is 15.2. The first-order chi connectivity index (χ1) is 7.19. The Labute approximate surface area is 91.9 Å². The van der Waals surface area contributed by atoms with Crippen LogP contribution in [0.2, 0.25) is 0 Å². The lowest BCUT2D eigenvalue weighted by atomic mass is 9.98. The Hall–Kier alpha value is -0.770. The molecule has 1 fully saturated rings. The highest BCUT2D eigenvalue weighted by molar-refractivity contribution is 5.85. The molecule has 4 heteroatoms. The molecule has 0 bridgehead atoms. The minimum absolute atomic E-state index is 0.00519. The van der Waals surface area contributed by atoms with Gasteiger partial charge in [0.2, 0.25) is 0 Å². The number of hydrogen-bond acceptors (Lipinski definition) is 3. The number of oxime groups is 1. The second kappa shape index (κ2) is 5.95. The van der Waals surface area contributed by atoms with Crippen molar-refractivity contribution in [3.63, 3.8) is 0 Å². The number of nitrogens with two attached hydrogens (primary N) is 1. The van der Waals surface area contributed by atoms with Crippen LogP contribution in [0.1, 0.15) is 46.0 Å². The van der Waals surface area contributed by atoms with Crippen molar-refractivity contribution < 1.29 is 5.21 Å². The number of nitrogens with zero attached hydrogens (tertiary/aromatic N) is 1. The molecule has 1 unspecified atom stereocenters. The monoisotopic (exact) mass is 213 g/mol. The van der Waals surface area contributed by atoms with Crippen molar-refractivity contribution >= 4 is 5.84 Å². The second-order valence-corrected chi connectivity index (χ2v) is 4.49. The Morgan fingerprint density at radius 1 is 1.53 bits per heavy atom. The van der Waals surface area contributed by atoms with Crippen molar-refractivity contribution in [2.24, 2.45) is 16.8 Å². The van der Waals surface area contributed by atoms with Gasteiger partial charge in [-0.05, 0) is 32.1 Å². The SMILES string of the molecule is CCC(N[C@@H](C)C1CCCC1)C(N)=NO. The fourth-order valence-corrected chi connectivity index (χ4v) is 2.39. The van der Waals surface area contributed by atoms with Gasteiger partial charge in [0.15, 0.2) is 5.84 Å². The highest BCUT2D eigenvalue weighted by Gasteiger charge is 2.24. The van der Waals surface area contributed by atoms with Gasteiger partial charge in [-0.3, -0.25) is 0 Å². The van der Waals surface area contributed by atoms with Gasteiger partial charge in [-0.15, -0.1) is 0 Å². The van der Waals surface area contributed by atoms with Crippen LogP contribution in [0.5, 0.6) is 0 Å². The Morgan fingerprint density at radius 3 is 2.60 bits per heavy atom. The van der Waals surface area contributed by atoms with Crippen LogP contribution in [-0.2, 0) is 0 Å². The largest absolute Gasteiger partial charge is 0.409 e. The lowest BCUT2D eigenvalue weighted by Crippen LogP contribution is -2.47. The van der Waals surface area contributed by atoms with E-state index in [-0.39, 0.29) is 6.04 Å². The van der Waals surface area contributed by atoms with E-state index >= 15 is 0 Å². The quantitative estimate of drug-likeness (QED) is 0.281. The van der Waals surface area contributed by atoms with Crippen LogP contribution < -0.4 is 11.1 Å². The van der Waals surface area contributed by atoms with Gasteiger partial charge in [0.05, 0.1) is 6.04 Å². The number of hydrogen-bond donors (Lipinski definition) is 3. The molecular formula is C11H23N3O. The van der Waals surface area contributed by atoms with Crippen LogP contribution in [-0.4, -0.2) is 23.1 Å². The molecule has 15 heavy (non-hydrogen) atoms. The molecule has 0 saturated heterocycles. The fraction of sp³-hybridized carbons (Fsp3) is 0.909. The molecule has 88 valence electrons. The standard InChI is InChI=1S/C11H23N3O/c1-3-10(11(12)14-15)13-8(2)9-6-4-5-7-9/h8-10,13,15H,3-7H2,1-2H3,(H2,12,14)/t8-,10?/m0/s1. The zero-order valence-electron chi connectivity index (χ0n) is 9.74. The molecule has 4 N–H and O–H groups in total. The van der Waals surface area contributed by atoms with Crippen molar-refractivity contribution in [2.45, 2.75) is 58.0 Å². The lowest BCUT2D eigenvalue weighted by molar-refractivity contribution is 0.309. The fourth-order valence-electron chi connectivity index (χ4n) is 2.39. The van der Waals surface area contributed by atoms with Crippen molar-refractivity contribution in [3.05, 3.63) is 0 Å². The van der Waals surface area contributed by atoms with E-state index in [1.54, 1.807) is 0 Å². The summed E-state index contributed by atoms with van der Waals surface area (Å²) in [6, 6.07) is 0.461. The smallest absolute Gasteiger partial charge is 0.156 e. The minimum atomic E-state index is 0.00519. The van der Waals surface area contributed by atoms with E-state index in [4.69, 9.17) is 10.9 Å². The Morgan fingerprint density at radius 2 is 2.13 bits per heavy atom. The van der Waals surface area contributed by atoms with Gasteiger partial charge in [0.25, 0.3) is 0 Å². The Balaban J connectivity index is 2.43. The lowest BCUT2D eigenvalue weighted by Gasteiger charge is -2.25. The highest BCUT2D eigenvalue weighted by atomic mass is 16.4. The topological polar surface area (TPSA) is 70.6 Å². The molecule has 1 aliphatic carbocycles. The summed E-state index contributed by atoms with van der Waals surface area (Å²) >= 11 is 0. The summed E-state index contributed by atoms with van der Waals surface area (Å²) in [6.45, 7) is 4.24. The van der Waals surface area contributed by atoms with E-state index in [9.17, 15) is 0 Å². The molecule has 1 rings (SSSR count). The van der Waals surface area contributed by atoms with Gasteiger partial charge >= 0.3 is 0 Å². The van der Waals surface area contributed by atoms with Crippen molar-refractivity contribution in [1.29, 1.82) is 0 Å². The average molecular weight is 213 g/mol. The molecule has 0 radical (unpaired) electrons. The Kier molecular flexibility index (Phi) is 4.88. The predicted molar refractivity (Wildman–Crippen MR) is 62.0 cm³/mol. The van der Waals surface area contributed by atoms with Crippen molar-refractivity contribution in [2.75, 3.05) is 0 Å². The third-order valence-electron chi connectivity index (χ3n) is 3.45. The van der Waals surface area contributed by atoms with E-state index in [0.29, 0.717) is 11.9 Å². The molecule has 0 heterocycles.